The van der Waals surface area contributed by atoms with Gasteiger partial charge in [0, 0.05) is 23.9 Å². The van der Waals surface area contributed by atoms with Crippen LogP contribution in [0.15, 0.2) is 28.1 Å². The van der Waals surface area contributed by atoms with Crippen molar-refractivity contribution in [2.45, 2.75) is 13.3 Å². The van der Waals surface area contributed by atoms with Crippen molar-refractivity contribution in [2.24, 2.45) is 0 Å². The Balaban J connectivity index is 2.17. The normalized spacial score (nSPS) is 10.7. The molecule has 0 radical (unpaired) electrons. The maximum atomic E-state index is 5.51. The van der Waals surface area contributed by atoms with E-state index in [2.05, 4.69) is 37.7 Å². The Morgan fingerprint density at radius 2 is 2.26 bits per heavy atom. The first kappa shape index (κ1) is 14.5. The molecule has 2 aromatic rings. The number of nitrogens with one attached hydrogen (secondary N) is 1. The summed E-state index contributed by atoms with van der Waals surface area (Å²) in [5.74, 6) is 0.872. The number of rotatable bonds is 6. The molecule has 0 saturated heterocycles. The topological polar surface area (TPSA) is 34.1 Å². The average Bonchev–Trinajstić information content (AvgIpc) is 2.88. The van der Waals surface area contributed by atoms with E-state index in [0.29, 0.717) is 6.61 Å². The zero-order chi connectivity index (χ0) is 13.7. The molecular formula is C14H17BrN2OS. The fraction of sp³-hybridized carbons (Fsp3) is 0.357. The van der Waals surface area contributed by atoms with Crippen LogP contribution in [-0.2, 0) is 6.42 Å². The Hall–Kier alpha value is -0.910. The van der Waals surface area contributed by atoms with Gasteiger partial charge in [-0.25, -0.2) is 4.98 Å². The van der Waals surface area contributed by atoms with E-state index in [0.717, 1.165) is 39.5 Å². The van der Waals surface area contributed by atoms with Gasteiger partial charge >= 0.3 is 0 Å². The summed E-state index contributed by atoms with van der Waals surface area (Å²) in [6.07, 6.45) is 0.972. The highest BCUT2D eigenvalue weighted by molar-refractivity contribution is 9.10. The maximum absolute atomic E-state index is 5.51. The molecule has 0 unspecified atom stereocenters. The van der Waals surface area contributed by atoms with Crippen LogP contribution in [0.2, 0.25) is 0 Å². The van der Waals surface area contributed by atoms with Crippen LogP contribution in [0.4, 0.5) is 0 Å². The molecule has 0 atom stereocenters. The van der Waals surface area contributed by atoms with E-state index in [1.165, 1.54) is 0 Å². The fourth-order valence-electron chi connectivity index (χ4n) is 1.72. The number of thiazole rings is 1. The predicted octanol–water partition coefficient (Wildman–Crippen LogP) is 3.73. The van der Waals surface area contributed by atoms with Crippen LogP contribution < -0.4 is 10.1 Å². The molecule has 0 aliphatic rings. The van der Waals surface area contributed by atoms with E-state index in [9.17, 15) is 0 Å². The molecule has 5 heteroatoms. The minimum Gasteiger partial charge on any atom is -0.493 e. The lowest BCUT2D eigenvalue weighted by atomic mass is 10.2. The maximum Gasteiger partial charge on any atom is 0.133 e. The van der Waals surface area contributed by atoms with Gasteiger partial charge in [-0.15, -0.1) is 11.3 Å². The number of nitrogens with zero attached hydrogens (tertiary/aromatic N) is 1. The highest BCUT2D eigenvalue weighted by atomic mass is 79.9. The van der Waals surface area contributed by atoms with Crippen molar-refractivity contribution in [1.82, 2.24) is 10.3 Å². The third-order valence-electron chi connectivity index (χ3n) is 2.67. The van der Waals surface area contributed by atoms with Crippen LogP contribution in [0.5, 0.6) is 5.75 Å². The first-order valence-electron chi connectivity index (χ1n) is 6.26. The summed E-state index contributed by atoms with van der Waals surface area (Å²) in [5, 5.41) is 6.40. The van der Waals surface area contributed by atoms with Crippen LogP contribution in [0.3, 0.4) is 0 Å². The number of halogens is 1. The Morgan fingerprint density at radius 3 is 2.95 bits per heavy atom. The molecule has 0 fully saturated rings. The van der Waals surface area contributed by atoms with E-state index < -0.39 is 0 Å². The Bertz CT molecular complexity index is 542. The van der Waals surface area contributed by atoms with Gasteiger partial charge in [0.2, 0.25) is 0 Å². The second-order valence-electron chi connectivity index (χ2n) is 4.06. The molecule has 1 heterocycles. The van der Waals surface area contributed by atoms with Crippen molar-refractivity contribution >= 4 is 27.3 Å². The smallest absolute Gasteiger partial charge is 0.133 e. The highest BCUT2D eigenvalue weighted by Crippen LogP contribution is 2.31. The Labute approximate surface area is 126 Å². The van der Waals surface area contributed by atoms with Crippen LogP contribution in [0.1, 0.15) is 11.9 Å². The van der Waals surface area contributed by atoms with Crippen molar-refractivity contribution < 1.29 is 4.74 Å². The molecule has 102 valence electrons. The number of aromatic nitrogens is 1. The number of ether oxygens (including phenoxy) is 1. The molecule has 2 rings (SSSR count). The third kappa shape index (κ3) is 3.78. The molecule has 1 N–H and O–H groups in total. The standard InChI is InChI=1S/C14H17BrN2OS/c1-3-18-13-5-4-10(8-11(13)15)12-9-19-14(17-12)6-7-16-2/h4-5,8-9,16H,3,6-7H2,1-2H3. The average molecular weight is 341 g/mol. The molecule has 0 aliphatic heterocycles. The zero-order valence-electron chi connectivity index (χ0n) is 11.1. The van der Waals surface area contributed by atoms with Gasteiger partial charge in [0.25, 0.3) is 0 Å². The number of benzene rings is 1. The van der Waals surface area contributed by atoms with Crippen molar-refractivity contribution in [2.75, 3.05) is 20.2 Å². The fourth-order valence-corrected chi connectivity index (χ4v) is 3.02. The van der Waals surface area contributed by atoms with Gasteiger partial charge in [0.05, 0.1) is 21.8 Å². The zero-order valence-corrected chi connectivity index (χ0v) is 13.5. The monoisotopic (exact) mass is 340 g/mol. The van der Waals surface area contributed by atoms with Gasteiger partial charge in [-0.1, -0.05) is 0 Å². The summed E-state index contributed by atoms with van der Waals surface area (Å²) >= 11 is 5.24. The second kappa shape index (κ2) is 7.03. The van der Waals surface area contributed by atoms with Crippen LogP contribution in [0.25, 0.3) is 11.3 Å². The first-order valence-corrected chi connectivity index (χ1v) is 7.93. The SMILES string of the molecule is CCOc1ccc(-c2csc(CCNC)n2)cc1Br. The molecule has 3 nitrogen and oxygen atoms in total. The molecule has 19 heavy (non-hydrogen) atoms. The first-order chi connectivity index (χ1) is 9.24. The van der Waals surface area contributed by atoms with E-state index in [-0.39, 0.29) is 0 Å². The quantitative estimate of drug-likeness (QED) is 0.869. The minimum atomic E-state index is 0.669. The Morgan fingerprint density at radius 1 is 1.42 bits per heavy atom. The van der Waals surface area contributed by atoms with Gasteiger partial charge in [-0.3, -0.25) is 0 Å². The molecule has 0 amide bonds. The third-order valence-corrected chi connectivity index (χ3v) is 4.20. The predicted molar refractivity (Wildman–Crippen MR) is 84.0 cm³/mol. The van der Waals surface area contributed by atoms with E-state index >= 15 is 0 Å². The molecule has 1 aromatic carbocycles. The van der Waals surface area contributed by atoms with Crippen molar-refractivity contribution in [3.8, 4) is 17.0 Å². The van der Waals surface area contributed by atoms with Crippen molar-refractivity contribution in [1.29, 1.82) is 0 Å². The molecule has 0 saturated carbocycles. The molecule has 1 aromatic heterocycles. The van der Waals surface area contributed by atoms with Crippen molar-refractivity contribution in [3.05, 3.63) is 33.1 Å². The lowest BCUT2D eigenvalue weighted by Gasteiger charge is -2.06. The number of hydrogen-bond acceptors (Lipinski definition) is 4. The largest absolute Gasteiger partial charge is 0.493 e. The van der Waals surface area contributed by atoms with Gasteiger partial charge in [0.1, 0.15) is 5.75 Å². The van der Waals surface area contributed by atoms with Crippen LogP contribution in [0, 0.1) is 0 Å². The number of likely N-dealkylation sites (N-methyl/N-ethyl adjacent to an activating group) is 1. The van der Waals surface area contributed by atoms with Crippen molar-refractivity contribution in [3.63, 3.8) is 0 Å². The molecule has 0 spiro atoms. The van der Waals surface area contributed by atoms with Gasteiger partial charge in [-0.2, -0.15) is 0 Å². The summed E-state index contributed by atoms with van der Waals surface area (Å²) in [6, 6.07) is 6.09. The second-order valence-corrected chi connectivity index (χ2v) is 5.86. The van der Waals surface area contributed by atoms with Gasteiger partial charge in [-0.05, 0) is 48.1 Å². The lowest BCUT2D eigenvalue weighted by molar-refractivity contribution is 0.338. The van der Waals surface area contributed by atoms with Crippen LogP contribution >= 0.6 is 27.3 Å². The van der Waals surface area contributed by atoms with E-state index in [4.69, 9.17) is 4.74 Å². The molecule has 0 aliphatic carbocycles. The lowest BCUT2D eigenvalue weighted by Crippen LogP contribution is -2.09. The summed E-state index contributed by atoms with van der Waals surface area (Å²) in [4.78, 5) is 4.65. The Kier molecular flexibility index (Phi) is 5.36. The highest BCUT2D eigenvalue weighted by Gasteiger charge is 2.07. The number of hydrogen-bond donors (Lipinski definition) is 1. The van der Waals surface area contributed by atoms with E-state index in [1.54, 1.807) is 11.3 Å². The summed E-state index contributed by atoms with van der Waals surface area (Å²) < 4.78 is 6.48. The minimum absolute atomic E-state index is 0.669. The summed E-state index contributed by atoms with van der Waals surface area (Å²) in [5.41, 5.74) is 2.14. The van der Waals surface area contributed by atoms with Gasteiger partial charge < -0.3 is 10.1 Å². The molecular weight excluding hydrogens is 324 g/mol. The summed E-state index contributed by atoms with van der Waals surface area (Å²) in [6.45, 7) is 3.61. The van der Waals surface area contributed by atoms with Gasteiger partial charge in [0.15, 0.2) is 0 Å². The molecule has 0 bridgehead atoms. The summed E-state index contributed by atoms with van der Waals surface area (Å²) in [7, 11) is 1.96. The van der Waals surface area contributed by atoms with E-state index in [1.807, 2.05) is 26.1 Å². The van der Waals surface area contributed by atoms with Crippen LogP contribution in [-0.4, -0.2) is 25.2 Å².